The molecule has 0 amide bonds. The molecule has 0 spiro atoms. The molecule has 0 N–H and O–H groups in total. The molecule has 0 fully saturated rings. The number of ketones is 1. The van der Waals surface area contributed by atoms with E-state index in [2.05, 4.69) is 4.74 Å². The highest BCUT2D eigenvalue weighted by atomic mass is 19.4. The van der Waals surface area contributed by atoms with Crippen LogP contribution in [0.4, 0.5) is 27.6 Å². The Bertz CT molecular complexity index is 555. The van der Waals surface area contributed by atoms with Gasteiger partial charge in [-0.2, -0.15) is 22.0 Å². The highest BCUT2D eigenvalue weighted by molar-refractivity contribution is 5.99. The summed E-state index contributed by atoms with van der Waals surface area (Å²) in [6, 6.07) is 0.438. The first-order chi connectivity index (χ1) is 9.04. The summed E-state index contributed by atoms with van der Waals surface area (Å²) in [5.74, 6) is -2.39. The SMILES string of the molecule is CC(=O)c1c(OC(F)F)cc([N+](=O)[O-])cc1C(F)(F)F. The number of rotatable bonds is 4. The lowest BCUT2D eigenvalue weighted by atomic mass is 10.0. The Hall–Kier alpha value is -2.26. The quantitative estimate of drug-likeness (QED) is 0.370. The van der Waals surface area contributed by atoms with E-state index >= 15 is 0 Å². The van der Waals surface area contributed by atoms with E-state index < -0.39 is 46.1 Å². The van der Waals surface area contributed by atoms with E-state index in [-0.39, 0.29) is 6.07 Å². The second kappa shape index (κ2) is 5.39. The van der Waals surface area contributed by atoms with Gasteiger partial charge >= 0.3 is 12.8 Å². The van der Waals surface area contributed by atoms with Crippen LogP contribution in [-0.2, 0) is 6.18 Å². The van der Waals surface area contributed by atoms with Crippen LogP contribution in [0.3, 0.4) is 0 Å². The fourth-order valence-electron chi connectivity index (χ4n) is 1.48. The third-order valence-electron chi connectivity index (χ3n) is 2.17. The van der Waals surface area contributed by atoms with E-state index in [0.29, 0.717) is 13.0 Å². The van der Waals surface area contributed by atoms with E-state index in [4.69, 9.17) is 0 Å². The molecule has 0 unspecified atom stereocenters. The minimum Gasteiger partial charge on any atom is -0.434 e. The topological polar surface area (TPSA) is 69.4 Å². The Morgan fingerprint density at radius 1 is 1.35 bits per heavy atom. The summed E-state index contributed by atoms with van der Waals surface area (Å²) in [5, 5.41) is 10.5. The number of ether oxygens (including phenoxy) is 1. The lowest BCUT2D eigenvalue weighted by Gasteiger charge is -2.15. The van der Waals surface area contributed by atoms with Crippen molar-refractivity contribution in [3.05, 3.63) is 33.4 Å². The molecular weight excluding hydrogens is 293 g/mol. The van der Waals surface area contributed by atoms with Crippen molar-refractivity contribution in [2.45, 2.75) is 19.7 Å². The molecule has 0 saturated carbocycles. The number of alkyl halides is 5. The van der Waals surface area contributed by atoms with Crippen LogP contribution < -0.4 is 4.74 Å². The number of hydrogen-bond donors (Lipinski definition) is 0. The predicted octanol–water partition coefficient (Wildman–Crippen LogP) is 3.42. The second-order valence-corrected chi connectivity index (χ2v) is 3.56. The molecular formula is C10H6F5NO4. The Morgan fingerprint density at radius 2 is 1.90 bits per heavy atom. The second-order valence-electron chi connectivity index (χ2n) is 3.56. The number of carbonyl (C=O) groups is 1. The van der Waals surface area contributed by atoms with Gasteiger partial charge in [0, 0.05) is 6.07 Å². The maximum absolute atomic E-state index is 12.8. The molecule has 0 aliphatic rings. The number of nitrogens with zero attached hydrogens (tertiary/aromatic N) is 1. The Labute approximate surface area is 108 Å². The van der Waals surface area contributed by atoms with Crippen molar-refractivity contribution < 1.29 is 36.4 Å². The zero-order valence-electron chi connectivity index (χ0n) is 9.70. The van der Waals surface area contributed by atoms with Gasteiger partial charge in [0.1, 0.15) is 5.75 Å². The van der Waals surface area contributed by atoms with Gasteiger partial charge < -0.3 is 4.74 Å². The molecule has 20 heavy (non-hydrogen) atoms. The summed E-state index contributed by atoms with van der Waals surface area (Å²) in [5.41, 5.74) is -3.99. The van der Waals surface area contributed by atoms with E-state index in [1.807, 2.05) is 0 Å². The lowest BCUT2D eigenvalue weighted by Crippen LogP contribution is -2.15. The fourth-order valence-corrected chi connectivity index (χ4v) is 1.48. The van der Waals surface area contributed by atoms with Crippen LogP contribution in [0.15, 0.2) is 12.1 Å². The largest absolute Gasteiger partial charge is 0.434 e. The average molecular weight is 299 g/mol. The predicted molar refractivity (Wildman–Crippen MR) is 54.7 cm³/mol. The van der Waals surface area contributed by atoms with Gasteiger partial charge in [-0.15, -0.1) is 0 Å². The zero-order chi connectivity index (χ0) is 15.7. The first-order valence-corrected chi connectivity index (χ1v) is 4.89. The number of carbonyl (C=O) groups excluding carboxylic acids is 1. The van der Waals surface area contributed by atoms with E-state index in [1.54, 1.807) is 0 Å². The molecule has 0 saturated heterocycles. The van der Waals surface area contributed by atoms with Crippen LogP contribution in [0.25, 0.3) is 0 Å². The number of halogens is 5. The molecule has 0 aliphatic heterocycles. The van der Waals surface area contributed by atoms with Gasteiger partial charge in [0.25, 0.3) is 5.69 Å². The first-order valence-electron chi connectivity index (χ1n) is 4.89. The van der Waals surface area contributed by atoms with Crippen molar-refractivity contribution in [3.8, 4) is 5.75 Å². The summed E-state index contributed by atoms with van der Waals surface area (Å²) in [4.78, 5) is 20.5. The van der Waals surface area contributed by atoms with E-state index in [0.717, 1.165) is 0 Å². The van der Waals surface area contributed by atoms with Crippen LogP contribution >= 0.6 is 0 Å². The van der Waals surface area contributed by atoms with Crippen LogP contribution in [0.1, 0.15) is 22.8 Å². The number of nitro groups is 1. The average Bonchev–Trinajstić information content (AvgIpc) is 2.25. The van der Waals surface area contributed by atoms with Gasteiger partial charge in [0.15, 0.2) is 5.78 Å². The molecule has 10 heteroatoms. The number of hydrogen-bond acceptors (Lipinski definition) is 4. The van der Waals surface area contributed by atoms with Crippen molar-refractivity contribution in [3.63, 3.8) is 0 Å². The van der Waals surface area contributed by atoms with Crippen LogP contribution in [0, 0.1) is 10.1 Å². The molecule has 0 aliphatic carbocycles. The van der Waals surface area contributed by atoms with Crippen molar-refractivity contribution in [2.75, 3.05) is 0 Å². The third kappa shape index (κ3) is 3.39. The zero-order valence-corrected chi connectivity index (χ0v) is 9.70. The van der Waals surface area contributed by atoms with Gasteiger partial charge in [0.2, 0.25) is 0 Å². The minimum atomic E-state index is -5.13. The van der Waals surface area contributed by atoms with Crippen molar-refractivity contribution in [2.24, 2.45) is 0 Å². The lowest BCUT2D eigenvalue weighted by molar-refractivity contribution is -0.385. The van der Waals surface area contributed by atoms with Crippen LogP contribution in [-0.4, -0.2) is 17.3 Å². The molecule has 1 aromatic carbocycles. The molecule has 1 rings (SSSR count). The normalized spacial score (nSPS) is 11.6. The molecule has 0 bridgehead atoms. The summed E-state index contributed by atoms with van der Waals surface area (Å²) in [6.45, 7) is -2.83. The van der Waals surface area contributed by atoms with Crippen LogP contribution in [0.2, 0.25) is 0 Å². The van der Waals surface area contributed by atoms with Crippen molar-refractivity contribution in [1.29, 1.82) is 0 Å². The molecule has 110 valence electrons. The minimum absolute atomic E-state index is 0.0923. The number of benzene rings is 1. The monoisotopic (exact) mass is 299 g/mol. The first kappa shape index (κ1) is 15.8. The molecule has 5 nitrogen and oxygen atoms in total. The molecule has 0 radical (unpaired) electrons. The van der Waals surface area contributed by atoms with Gasteiger partial charge in [-0.3, -0.25) is 14.9 Å². The maximum atomic E-state index is 12.8. The summed E-state index contributed by atoms with van der Waals surface area (Å²) >= 11 is 0. The summed E-state index contributed by atoms with van der Waals surface area (Å²) < 4.78 is 66.3. The third-order valence-corrected chi connectivity index (χ3v) is 2.17. The fraction of sp³-hybridized carbons (Fsp3) is 0.300. The standard InChI is InChI=1S/C10H6F5NO4/c1-4(17)8-6(10(13,14)15)2-5(16(18)19)3-7(8)20-9(11)12/h2-3,9H,1H3. The number of nitro benzene ring substituents is 1. The van der Waals surface area contributed by atoms with Crippen molar-refractivity contribution in [1.82, 2.24) is 0 Å². The smallest absolute Gasteiger partial charge is 0.417 e. The Morgan fingerprint density at radius 3 is 2.25 bits per heavy atom. The number of non-ortho nitro benzene ring substituents is 1. The van der Waals surface area contributed by atoms with Gasteiger partial charge in [-0.05, 0) is 6.92 Å². The molecule has 0 atom stereocenters. The maximum Gasteiger partial charge on any atom is 0.417 e. The van der Waals surface area contributed by atoms with Crippen LogP contribution in [0.5, 0.6) is 5.75 Å². The summed E-state index contributed by atoms with van der Waals surface area (Å²) in [6.07, 6.45) is -5.13. The molecule has 0 aromatic heterocycles. The Kier molecular flexibility index (Phi) is 4.26. The highest BCUT2D eigenvalue weighted by Gasteiger charge is 2.38. The highest BCUT2D eigenvalue weighted by Crippen LogP contribution is 2.39. The van der Waals surface area contributed by atoms with E-state index in [1.165, 1.54) is 0 Å². The van der Waals surface area contributed by atoms with Gasteiger partial charge in [-0.1, -0.05) is 0 Å². The molecule has 1 aromatic rings. The van der Waals surface area contributed by atoms with E-state index in [9.17, 15) is 36.9 Å². The van der Waals surface area contributed by atoms with Gasteiger partial charge in [0.05, 0.1) is 22.1 Å². The van der Waals surface area contributed by atoms with Gasteiger partial charge in [-0.25, -0.2) is 0 Å². The molecule has 0 heterocycles. The number of Topliss-reactive ketones (excluding diaryl/α,β-unsaturated/α-hetero) is 1. The summed E-state index contributed by atoms with van der Waals surface area (Å²) in [7, 11) is 0. The Balaban J connectivity index is 3.66. The van der Waals surface area contributed by atoms with Crippen molar-refractivity contribution >= 4 is 11.5 Å².